The number of hydrogen-bond acceptors (Lipinski definition) is 5. The molecule has 3 fully saturated rings. The minimum absolute atomic E-state index is 0.132. The molecule has 0 bridgehead atoms. The van der Waals surface area contributed by atoms with Crippen molar-refractivity contribution >= 4 is 5.97 Å². The number of likely N-dealkylation sites (tertiary alicyclic amines) is 1. The van der Waals surface area contributed by atoms with Crippen molar-refractivity contribution in [2.45, 2.75) is 24.4 Å². The standard InChI is InChI=1S/C13H23N3O3/c17-12(18)7-13(9-14-10-13)16-2-1-11(8-16)15-3-5-19-6-4-15/h11,14H,1-10H2,(H,17,18). The van der Waals surface area contributed by atoms with E-state index in [2.05, 4.69) is 15.1 Å². The Morgan fingerprint density at radius 3 is 2.63 bits per heavy atom. The third kappa shape index (κ3) is 2.63. The number of nitrogens with zero attached hydrogens (tertiary/aromatic N) is 2. The van der Waals surface area contributed by atoms with Gasteiger partial charge >= 0.3 is 5.97 Å². The molecule has 1 unspecified atom stereocenters. The highest BCUT2D eigenvalue weighted by molar-refractivity contribution is 5.69. The van der Waals surface area contributed by atoms with Crippen molar-refractivity contribution in [1.82, 2.24) is 15.1 Å². The number of carboxylic acids is 1. The van der Waals surface area contributed by atoms with Gasteiger partial charge in [-0.05, 0) is 6.42 Å². The van der Waals surface area contributed by atoms with E-state index < -0.39 is 5.97 Å². The number of morpholine rings is 1. The molecular formula is C13H23N3O3. The number of hydrogen-bond donors (Lipinski definition) is 2. The quantitative estimate of drug-likeness (QED) is 0.697. The van der Waals surface area contributed by atoms with Gasteiger partial charge in [0.1, 0.15) is 0 Å². The second kappa shape index (κ2) is 5.36. The van der Waals surface area contributed by atoms with Crippen LogP contribution in [0.1, 0.15) is 12.8 Å². The molecule has 3 heterocycles. The molecule has 3 rings (SSSR count). The Balaban J connectivity index is 1.59. The van der Waals surface area contributed by atoms with Crippen LogP contribution in [0.2, 0.25) is 0 Å². The third-order valence-electron chi connectivity index (χ3n) is 4.78. The van der Waals surface area contributed by atoms with Crippen LogP contribution in [-0.2, 0) is 9.53 Å². The Morgan fingerprint density at radius 2 is 2.05 bits per heavy atom. The lowest BCUT2D eigenvalue weighted by atomic mass is 9.86. The summed E-state index contributed by atoms with van der Waals surface area (Å²) in [4.78, 5) is 16.0. The predicted molar refractivity (Wildman–Crippen MR) is 70.2 cm³/mol. The number of carbonyl (C=O) groups is 1. The van der Waals surface area contributed by atoms with Crippen molar-refractivity contribution in [3.8, 4) is 0 Å². The van der Waals surface area contributed by atoms with Crippen LogP contribution in [0.5, 0.6) is 0 Å². The number of nitrogens with one attached hydrogen (secondary N) is 1. The van der Waals surface area contributed by atoms with Crippen molar-refractivity contribution < 1.29 is 14.6 Å². The minimum atomic E-state index is -0.684. The van der Waals surface area contributed by atoms with E-state index in [9.17, 15) is 4.79 Å². The molecule has 6 heteroatoms. The van der Waals surface area contributed by atoms with E-state index in [0.29, 0.717) is 6.04 Å². The SMILES string of the molecule is O=C(O)CC1(N2CCC(N3CCOCC3)C2)CNC1. The van der Waals surface area contributed by atoms with E-state index in [0.717, 1.165) is 58.9 Å². The fourth-order valence-electron chi connectivity index (χ4n) is 3.57. The second-order valence-corrected chi connectivity index (χ2v) is 5.94. The van der Waals surface area contributed by atoms with E-state index in [1.165, 1.54) is 0 Å². The zero-order valence-electron chi connectivity index (χ0n) is 11.3. The lowest BCUT2D eigenvalue weighted by molar-refractivity contribution is -0.141. The van der Waals surface area contributed by atoms with Crippen LogP contribution < -0.4 is 5.32 Å². The molecule has 3 saturated heterocycles. The van der Waals surface area contributed by atoms with Crippen LogP contribution in [0, 0.1) is 0 Å². The lowest BCUT2D eigenvalue weighted by Gasteiger charge is -2.49. The molecule has 0 aromatic heterocycles. The molecule has 0 aromatic carbocycles. The van der Waals surface area contributed by atoms with Gasteiger partial charge in [0.25, 0.3) is 0 Å². The number of rotatable bonds is 4. The first kappa shape index (κ1) is 13.3. The van der Waals surface area contributed by atoms with Crippen LogP contribution in [0.15, 0.2) is 0 Å². The summed E-state index contributed by atoms with van der Waals surface area (Å²) in [6.07, 6.45) is 1.41. The van der Waals surface area contributed by atoms with Crippen LogP contribution >= 0.6 is 0 Å². The molecular weight excluding hydrogens is 246 g/mol. The molecule has 3 aliphatic heterocycles. The average molecular weight is 269 g/mol. The predicted octanol–water partition coefficient (Wildman–Crippen LogP) is -0.790. The first-order chi connectivity index (χ1) is 9.20. The van der Waals surface area contributed by atoms with Gasteiger partial charge in [-0.25, -0.2) is 0 Å². The summed E-state index contributed by atoms with van der Waals surface area (Å²) in [7, 11) is 0. The fraction of sp³-hybridized carbons (Fsp3) is 0.923. The summed E-state index contributed by atoms with van der Waals surface area (Å²) < 4.78 is 5.40. The molecule has 6 nitrogen and oxygen atoms in total. The molecule has 3 aliphatic rings. The molecule has 1 atom stereocenters. The Hall–Kier alpha value is -0.690. The minimum Gasteiger partial charge on any atom is -0.481 e. The Morgan fingerprint density at radius 1 is 1.32 bits per heavy atom. The van der Waals surface area contributed by atoms with E-state index in [1.54, 1.807) is 0 Å². The van der Waals surface area contributed by atoms with Crippen molar-refractivity contribution in [1.29, 1.82) is 0 Å². The molecule has 19 heavy (non-hydrogen) atoms. The van der Waals surface area contributed by atoms with Gasteiger partial charge in [0.05, 0.1) is 25.2 Å². The Bertz CT molecular complexity index is 340. The summed E-state index contributed by atoms with van der Waals surface area (Å²) in [5.41, 5.74) is -0.132. The van der Waals surface area contributed by atoms with Crippen LogP contribution in [0.25, 0.3) is 0 Å². The van der Waals surface area contributed by atoms with Crippen LogP contribution in [-0.4, -0.2) is 84.9 Å². The van der Waals surface area contributed by atoms with E-state index in [4.69, 9.17) is 9.84 Å². The maximum Gasteiger partial charge on any atom is 0.305 e. The van der Waals surface area contributed by atoms with Gasteiger partial charge in [-0.2, -0.15) is 0 Å². The molecule has 0 radical (unpaired) electrons. The van der Waals surface area contributed by atoms with Crippen LogP contribution in [0.4, 0.5) is 0 Å². The van der Waals surface area contributed by atoms with Gasteiger partial charge in [-0.15, -0.1) is 0 Å². The first-order valence-electron chi connectivity index (χ1n) is 7.19. The van der Waals surface area contributed by atoms with Gasteiger partial charge in [0, 0.05) is 45.3 Å². The highest BCUT2D eigenvalue weighted by Gasteiger charge is 2.47. The normalized spacial score (nSPS) is 32.1. The van der Waals surface area contributed by atoms with E-state index in [1.807, 2.05) is 0 Å². The number of ether oxygens (including phenoxy) is 1. The maximum absolute atomic E-state index is 11.1. The second-order valence-electron chi connectivity index (χ2n) is 5.94. The smallest absolute Gasteiger partial charge is 0.305 e. The average Bonchev–Trinajstić information content (AvgIpc) is 2.84. The summed E-state index contributed by atoms with van der Waals surface area (Å²) >= 11 is 0. The van der Waals surface area contributed by atoms with Crippen molar-refractivity contribution in [3.05, 3.63) is 0 Å². The lowest BCUT2D eigenvalue weighted by Crippen LogP contribution is -2.69. The van der Waals surface area contributed by atoms with Crippen LogP contribution in [0.3, 0.4) is 0 Å². The molecule has 108 valence electrons. The number of aliphatic carboxylic acids is 1. The van der Waals surface area contributed by atoms with Gasteiger partial charge in [-0.3, -0.25) is 14.6 Å². The van der Waals surface area contributed by atoms with Gasteiger partial charge in [0.2, 0.25) is 0 Å². The molecule has 0 amide bonds. The third-order valence-corrected chi connectivity index (χ3v) is 4.78. The largest absolute Gasteiger partial charge is 0.481 e. The topological polar surface area (TPSA) is 65.0 Å². The highest BCUT2D eigenvalue weighted by atomic mass is 16.5. The first-order valence-corrected chi connectivity index (χ1v) is 7.19. The maximum atomic E-state index is 11.1. The van der Waals surface area contributed by atoms with Crippen molar-refractivity contribution in [2.75, 3.05) is 52.5 Å². The molecule has 0 spiro atoms. The van der Waals surface area contributed by atoms with Gasteiger partial charge in [-0.1, -0.05) is 0 Å². The summed E-state index contributed by atoms with van der Waals surface area (Å²) in [5, 5.41) is 12.3. The highest BCUT2D eigenvalue weighted by Crippen LogP contribution is 2.30. The van der Waals surface area contributed by atoms with Gasteiger partial charge in [0.15, 0.2) is 0 Å². The van der Waals surface area contributed by atoms with E-state index in [-0.39, 0.29) is 12.0 Å². The zero-order valence-corrected chi connectivity index (χ0v) is 11.3. The zero-order chi connectivity index (χ0) is 13.3. The van der Waals surface area contributed by atoms with Gasteiger partial charge < -0.3 is 15.2 Å². The van der Waals surface area contributed by atoms with Crippen molar-refractivity contribution in [2.24, 2.45) is 0 Å². The molecule has 0 saturated carbocycles. The molecule has 2 N–H and O–H groups in total. The number of carboxylic acid groups (broad SMARTS) is 1. The fourth-order valence-corrected chi connectivity index (χ4v) is 3.57. The Kier molecular flexibility index (Phi) is 3.75. The molecule has 0 aromatic rings. The summed E-state index contributed by atoms with van der Waals surface area (Å²) in [5.74, 6) is -0.684. The molecule has 0 aliphatic carbocycles. The Labute approximate surface area is 113 Å². The van der Waals surface area contributed by atoms with E-state index >= 15 is 0 Å². The monoisotopic (exact) mass is 269 g/mol. The summed E-state index contributed by atoms with van der Waals surface area (Å²) in [6, 6.07) is 0.579. The van der Waals surface area contributed by atoms with Crippen molar-refractivity contribution in [3.63, 3.8) is 0 Å². The summed E-state index contributed by atoms with van der Waals surface area (Å²) in [6.45, 7) is 7.36.